The Kier molecular flexibility index (Phi) is 2.16. The number of aromatic hydroxyl groups is 1. The highest BCUT2D eigenvalue weighted by Gasteiger charge is 2.00. The lowest BCUT2D eigenvalue weighted by Crippen LogP contribution is -1.84. The van der Waals surface area contributed by atoms with Crippen molar-refractivity contribution in [3.63, 3.8) is 0 Å². The Bertz CT molecular complexity index is 266. The lowest BCUT2D eigenvalue weighted by molar-refractivity contribution is 0.448. The maximum Gasteiger partial charge on any atom is 0.133 e. The topological polar surface area (TPSA) is 29.5 Å². The van der Waals surface area contributed by atoms with Gasteiger partial charge in [-0.15, -0.1) is 0 Å². The van der Waals surface area contributed by atoms with Crippen LogP contribution in [0, 0.1) is 6.92 Å². The second kappa shape index (κ2) is 3.10. The van der Waals surface area contributed by atoms with E-state index in [2.05, 4.69) is 6.58 Å². The van der Waals surface area contributed by atoms with Gasteiger partial charge in [-0.1, -0.05) is 12.6 Å². The second-order valence-corrected chi connectivity index (χ2v) is 2.18. The maximum atomic E-state index is 9.21. The molecule has 0 heterocycles. The molecule has 11 heavy (non-hydrogen) atoms. The highest BCUT2D eigenvalue weighted by Crippen LogP contribution is 2.25. The number of phenols is 1. The zero-order valence-corrected chi connectivity index (χ0v) is 6.37. The molecule has 58 valence electrons. The normalized spacial score (nSPS) is 9.18. The fourth-order valence-corrected chi connectivity index (χ4v) is 0.820. The van der Waals surface area contributed by atoms with Crippen LogP contribution in [0.2, 0.25) is 0 Å². The van der Waals surface area contributed by atoms with Crippen LogP contribution in [0.1, 0.15) is 5.56 Å². The Balaban J connectivity index is 3.05. The molecule has 0 saturated heterocycles. The van der Waals surface area contributed by atoms with Crippen molar-refractivity contribution in [2.75, 3.05) is 0 Å². The quantitative estimate of drug-likeness (QED) is 0.655. The standard InChI is InChI=1S/C9H10O2/c1-3-11-9-6-4-5-8(10)7(9)2/h3-6,10H,1H2,2H3. The Labute approximate surface area is 65.7 Å². The average Bonchev–Trinajstić information content (AvgIpc) is 1.99. The van der Waals surface area contributed by atoms with Gasteiger partial charge in [0.2, 0.25) is 0 Å². The van der Waals surface area contributed by atoms with Gasteiger partial charge in [0.1, 0.15) is 11.5 Å². The molecule has 0 aliphatic rings. The molecule has 0 aromatic heterocycles. The molecular weight excluding hydrogens is 140 g/mol. The third kappa shape index (κ3) is 1.52. The number of ether oxygens (including phenoxy) is 1. The first-order valence-corrected chi connectivity index (χ1v) is 3.32. The van der Waals surface area contributed by atoms with Crippen molar-refractivity contribution in [3.05, 3.63) is 36.6 Å². The largest absolute Gasteiger partial charge is 0.508 e. The molecule has 2 heteroatoms. The molecule has 0 radical (unpaired) electrons. The summed E-state index contributed by atoms with van der Waals surface area (Å²) in [6.45, 7) is 5.21. The van der Waals surface area contributed by atoms with Gasteiger partial charge in [-0.25, -0.2) is 0 Å². The van der Waals surface area contributed by atoms with Gasteiger partial charge in [-0.3, -0.25) is 0 Å². The highest BCUT2D eigenvalue weighted by molar-refractivity contribution is 5.42. The third-order valence-corrected chi connectivity index (χ3v) is 1.47. The second-order valence-electron chi connectivity index (χ2n) is 2.18. The smallest absolute Gasteiger partial charge is 0.133 e. The molecular formula is C9H10O2. The van der Waals surface area contributed by atoms with Crippen molar-refractivity contribution < 1.29 is 9.84 Å². The summed E-state index contributed by atoms with van der Waals surface area (Å²) in [5, 5.41) is 9.21. The number of phenolic OH excluding ortho intramolecular Hbond substituents is 1. The van der Waals surface area contributed by atoms with Gasteiger partial charge in [0, 0.05) is 5.56 Å². The molecule has 1 N–H and O–H groups in total. The van der Waals surface area contributed by atoms with Crippen LogP contribution in [0.4, 0.5) is 0 Å². The minimum absolute atomic E-state index is 0.240. The summed E-state index contributed by atoms with van der Waals surface area (Å²) in [6, 6.07) is 5.11. The van der Waals surface area contributed by atoms with Crippen molar-refractivity contribution in [2.24, 2.45) is 0 Å². The van der Waals surface area contributed by atoms with Crippen molar-refractivity contribution in [2.45, 2.75) is 6.92 Å². The first kappa shape index (κ1) is 7.66. The van der Waals surface area contributed by atoms with Gasteiger partial charge in [0.25, 0.3) is 0 Å². The molecule has 0 aliphatic carbocycles. The van der Waals surface area contributed by atoms with Crippen LogP contribution in [0.5, 0.6) is 11.5 Å². The van der Waals surface area contributed by atoms with E-state index in [-0.39, 0.29) is 5.75 Å². The van der Waals surface area contributed by atoms with E-state index in [1.54, 1.807) is 25.1 Å². The molecule has 0 saturated carbocycles. The summed E-state index contributed by atoms with van der Waals surface area (Å²) in [5.74, 6) is 0.879. The Hall–Kier alpha value is -1.44. The molecule has 0 aliphatic heterocycles. The van der Waals surface area contributed by atoms with Crippen LogP contribution in [0.3, 0.4) is 0 Å². The molecule has 0 spiro atoms. The molecule has 2 nitrogen and oxygen atoms in total. The molecule has 1 aromatic rings. The van der Waals surface area contributed by atoms with Gasteiger partial charge in [0.05, 0.1) is 6.26 Å². The van der Waals surface area contributed by atoms with E-state index in [0.29, 0.717) is 5.75 Å². The monoisotopic (exact) mass is 150 g/mol. The number of hydrogen-bond donors (Lipinski definition) is 1. The predicted octanol–water partition coefficient (Wildman–Crippen LogP) is 2.22. The van der Waals surface area contributed by atoms with Crippen molar-refractivity contribution in [3.8, 4) is 11.5 Å². The van der Waals surface area contributed by atoms with Crippen molar-refractivity contribution >= 4 is 0 Å². The van der Waals surface area contributed by atoms with Gasteiger partial charge in [0.15, 0.2) is 0 Å². The van der Waals surface area contributed by atoms with Gasteiger partial charge in [-0.2, -0.15) is 0 Å². The Morgan fingerprint density at radius 3 is 2.91 bits per heavy atom. The molecule has 1 rings (SSSR count). The zero-order valence-electron chi connectivity index (χ0n) is 6.37. The predicted molar refractivity (Wildman–Crippen MR) is 43.7 cm³/mol. The summed E-state index contributed by atoms with van der Waals surface area (Å²) in [4.78, 5) is 0. The highest BCUT2D eigenvalue weighted by atomic mass is 16.5. The Morgan fingerprint density at radius 1 is 1.55 bits per heavy atom. The van der Waals surface area contributed by atoms with E-state index in [1.165, 1.54) is 6.26 Å². The summed E-state index contributed by atoms with van der Waals surface area (Å²) < 4.78 is 5.02. The van der Waals surface area contributed by atoms with Gasteiger partial charge < -0.3 is 9.84 Å². The van der Waals surface area contributed by atoms with E-state index < -0.39 is 0 Å². The number of hydrogen-bond acceptors (Lipinski definition) is 2. The molecule has 0 amide bonds. The van der Waals surface area contributed by atoms with Crippen LogP contribution in [-0.2, 0) is 0 Å². The molecule has 0 unspecified atom stereocenters. The Morgan fingerprint density at radius 2 is 2.27 bits per heavy atom. The van der Waals surface area contributed by atoms with Gasteiger partial charge >= 0.3 is 0 Å². The van der Waals surface area contributed by atoms with Crippen LogP contribution < -0.4 is 4.74 Å². The van der Waals surface area contributed by atoms with Crippen LogP contribution in [-0.4, -0.2) is 5.11 Å². The van der Waals surface area contributed by atoms with E-state index in [4.69, 9.17) is 4.74 Å². The third-order valence-electron chi connectivity index (χ3n) is 1.47. The number of benzene rings is 1. The fourth-order valence-electron chi connectivity index (χ4n) is 0.820. The molecule has 0 bridgehead atoms. The number of rotatable bonds is 2. The molecule has 1 aromatic carbocycles. The molecule has 0 fully saturated rings. The SMILES string of the molecule is C=COc1cccc(O)c1C. The fraction of sp³-hybridized carbons (Fsp3) is 0.111. The lowest BCUT2D eigenvalue weighted by Gasteiger charge is -2.04. The average molecular weight is 150 g/mol. The lowest BCUT2D eigenvalue weighted by atomic mass is 10.2. The summed E-state index contributed by atoms with van der Waals surface area (Å²) in [6.07, 6.45) is 1.34. The van der Waals surface area contributed by atoms with Crippen LogP contribution in [0.25, 0.3) is 0 Å². The van der Waals surface area contributed by atoms with E-state index >= 15 is 0 Å². The summed E-state index contributed by atoms with van der Waals surface area (Å²) >= 11 is 0. The van der Waals surface area contributed by atoms with E-state index in [1.807, 2.05) is 0 Å². The first-order chi connectivity index (χ1) is 5.25. The van der Waals surface area contributed by atoms with Crippen LogP contribution >= 0.6 is 0 Å². The minimum Gasteiger partial charge on any atom is -0.508 e. The van der Waals surface area contributed by atoms with Crippen molar-refractivity contribution in [1.82, 2.24) is 0 Å². The van der Waals surface area contributed by atoms with Gasteiger partial charge in [-0.05, 0) is 19.1 Å². The van der Waals surface area contributed by atoms with E-state index in [0.717, 1.165) is 5.56 Å². The first-order valence-electron chi connectivity index (χ1n) is 3.32. The van der Waals surface area contributed by atoms with Crippen LogP contribution in [0.15, 0.2) is 31.0 Å². The van der Waals surface area contributed by atoms with E-state index in [9.17, 15) is 5.11 Å². The molecule has 0 atom stereocenters. The van der Waals surface area contributed by atoms with Crippen molar-refractivity contribution in [1.29, 1.82) is 0 Å². The maximum absolute atomic E-state index is 9.21. The minimum atomic E-state index is 0.240. The zero-order chi connectivity index (χ0) is 8.27. The summed E-state index contributed by atoms with van der Waals surface area (Å²) in [7, 11) is 0. The summed E-state index contributed by atoms with van der Waals surface area (Å²) in [5.41, 5.74) is 0.729.